The van der Waals surface area contributed by atoms with Crippen LogP contribution in [0.1, 0.15) is 26.7 Å². The third-order valence-corrected chi connectivity index (χ3v) is 2.62. The van der Waals surface area contributed by atoms with Gasteiger partial charge >= 0.3 is 0 Å². The number of aliphatic hydroxyl groups excluding tert-OH is 1. The molecule has 0 saturated heterocycles. The van der Waals surface area contributed by atoms with Gasteiger partial charge in [0.25, 0.3) is 0 Å². The number of hydrogen-bond acceptors (Lipinski definition) is 1. The van der Waals surface area contributed by atoms with Crippen LogP contribution in [0.4, 0.5) is 0 Å². The lowest BCUT2D eigenvalue weighted by molar-refractivity contribution is 0.167. The number of aliphatic hydroxyl groups is 1. The molecule has 66 valence electrons. The van der Waals surface area contributed by atoms with Crippen molar-refractivity contribution in [3.05, 3.63) is 12.2 Å². The van der Waals surface area contributed by atoms with Crippen LogP contribution < -0.4 is 0 Å². The Morgan fingerprint density at radius 1 is 1.67 bits per heavy atom. The first-order chi connectivity index (χ1) is 5.73. The average molecular weight is 164 g/mol. The largest absolute Gasteiger partial charge is 0.396 e. The van der Waals surface area contributed by atoms with E-state index >= 15 is 0 Å². The molecule has 0 aromatic rings. The Morgan fingerprint density at radius 3 is 3.00 bits per heavy atom. The standard InChI is InChI=1S/C11H16O/c1-3-7-11(2)8-5-4-6-10(11)9-12/h4,6,10,12H,5,8-9H2,1-2H3/t10-,11-/m1/s1. The third-order valence-electron chi connectivity index (χ3n) is 2.62. The summed E-state index contributed by atoms with van der Waals surface area (Å²) in [6.45, 7) is 4.20. The summed E-state index contributed by atoms with van der Waals surface area (Å²) in [5, 5.41) is 9.13. The Hall–Kier alpha value is -0.740. The highest BCUT2D eigenvalue weighted by Gasteiger charge is 2.31. The molecule has 0 aromatic heterocycles. The molecule has 2 atom stereocenters. The summed E-state index contributed by atoms with van der Waals surface area (Å²) in [5.41, 5.74) is -0.00174. The van der Waals surface area contributed by atoms with Crippen LogP contribution in [-0.4, -0.2) is 11.7 Å². The van der Waals surface area contributed by atoms with Gasteiger partial charge in [0.2, 0.25) is 0 Å². The van der Waals surface area contributed by atoms with Crippen LogP contribution in [0.15, 0.2) is 12.2 Å². The molecule has 1 nitrogen and oxygen atoms in total. The molecule has 0 aliphatic heterocycles. The molecule has 0 unspecified atom stereocenters. The van der Waals surface area contributed by atoms with Crippen LogP contribution in [0.3, 0.4) is 0 Å². The number of rotatable bonds is 1. The monoisotopic (exact) mass is 164 g/mol. The van der Waals surface area contributed by atoms with Gasteiger partial charge in [-0.15, -0.1) is 5.92 Å². The van der Waals surface area contributed by atoms with Crippen molar-refractivity contribution in [1.82, 2.24) is 0 Å². The first kappa shape index (κ1) is 9.35. The average Bonchev–Trinajstić information content (AvgIpc) is 2.05. The van der Waals surface area contributed by atoms with E-state index in [2.05, 4.69) is 30.9 Å². The SMILES string of the molecule is CC#C[C@]1(C)CCC=C[C@@H]1CO. The van der Waals surface area contributed by atoms with Gasteiger partial charge in [0.05, 0.1) is 6.61 Å². The molecule has 1 heteroatoms. The van der Waals surface area contributed by atoms with Gasteiger partial charge < -0.3 is 5.11 Å². The Kier molecular flexibility index (Phi) is 2.94. The maximum absolute atomic E-state index is 9.13. The van der Waals surface area contributed by atoms with E-state index in [1.165, 1.54) is 0 Å². The minimum atomic E-state index is -0.00174. The Balaban J connectivity index is 2.84. The molecular weight excluding hydrogens is 148 g/mol. The van der Waals surface area contributed by atoms with Gasteiger partial charge in [-0.05, 0) is 26.7 Å². The molecule has 0 bridgehead atoms. The number of hydrogen-bond donors (Lipinski definition) is 1. The predicted molar refractivity (Wildman–Crippen MR) is 50.5 cm³/mol. The molecule has 0 aromatic carbocycles. The van der Waals surface area contributed by atoms with Crippen LogP contribution in [0.2, 0.25) is 0 Å². The molecule has 1 aliphatic carbocycles. The molecule has 0 radical (unpaired) electrons. The normalized spacial score (nSPS) is 34.1. The van der Waals surface area contributed by atoms with Gasteiger partial charge in [0.1, 0.15) is 0 Å². The van der Waals surface area contributed by atoms with Crippen molar-refractivity contribution in [2.24, 2.45) is 11.3 Å². The Morgan fingerprint density at radius 2 is 2.42 bits per heavy atom. The van der Waals surface area contributed by atoms with Crippen LogP contribution in [0, 0.1) is 23.2 Å². The molecule has 1 N–H and O–H groups in total. The van der Waals surface area contributed by atoms with Crippen molar-refractivity contribution in [3.63, 3.8) is 0 Å². The van der Waals surface area contributed by atoms with E-state index in [4.69, 9.17) is 5.11 Å². The van der Waals surface area contributed by atoms with Crippen LogP contribution in [0.5, 0.6) is 0 Å². The smallest absolute Gasteiger partial charge is 0.0508 e. The zero-order valence-electron chi connectivity index (χ0n) is 7.80. The Labute approximate surface area is 74.5 Å². The van der Waals surface area contributed by atoms with Crippen molar-refractivity contribution >= 4 is 0 Å². The fourth-order valence-corrected chi connectivity index (χ4v) is 1.74. The Bertz CT molecular complexity index is 231. The highest BCUT2D eigenvalue weighted by molar-refractivity contribution is 5.17. The quantitative estimate of drug-likeness (QED) is 0.464. The first-order valence-electron chi connectivity index (χ1n) is 4.44. The molecule has 0 heterocycles. The summed E-state index contributed by atoms with van der Waals surface area (Å²) in [4.78, 5) is 0. The molecular formula is C11H16O. The van der Waals surface area contributed by atoms with Crippen molar-refractivity contribution in [3.8, 4) is 11.8 Å². The summed E-state index contributed by atoms with van der Waals surface area (Å²) >= 11 is 0. The second kappa shape index (κ2) is 3.78. The highest BCUT2D eigenvalue weighted by Crippen LogP contribution is 2.36. The van der Waals surface area contributed by atoms with Crippen molar-refractivity contribution in [2.75, 3.05) is 6.61 Å². The van der Waals surface area contributed by atoms with Crippen LogP contribution in [-0.2, 0) is 0 Å². The highest BCUT2D eigenvalue weighted by atomic mass is 16.3. The third kappa shape index (κ3) is 1.70. The lowest BCUT2D eigenvalue weighted by Crippen LogP contribution is -2.29. The number of allylic oxidation sites excluding steroid dienone is 1. The summed E-state index contributed by atoms with van der Waals surface area (Å²) in [6, 6.07) is 0. The van der Waals surface area contributed by atoms with Crippen molar-refractivity contribution in [2.45, 2.75) is 26.7 Å². The summed E-state index contributed by atoms with van der Waals surface area (Å²) in [6.07, 6.45) is 6.38. The van der Waals surface area contributed by atoms with Crippen molar-refractivity contribution < 1.29 is 5.11 Å². The zero-order valence-corrected chi connectivity index (χ0v) is 7.80. The lowest BCUT2D eigenvalue weighted by Gasteiger charge is -2.32. The summed E-state index contributed by atoms with van der Waals surface area (Å²) in [5.74, 6) is 6.37. The van der Waals surface area contributed by atoms with Gasteiger partial charge in [-0.1, -0.05) is 18.1 Å². The van der Waals surface area contributed by atoms with E-state index in [9.17, 15) is 0 Å². The fraction of sp³-hybridized carbons (Fsp3) is 0.636. The zero-order chi connectivity index (χ0) is 9.03. The maximum atomic E-state index is 9.13. The molecule has 0 fully saturated rings. The molecule has 12 heavy (non-hydrogen) atoms. The second-order valence-corrected chi connectivity index (χ2v) is 3.55. The van der Waals surface area contributed by atoms with E-state index in [1.807, 2.05) is 6.92 Å². The predicted octanol–water partition coefficient (Wildman–Crippen LogP) is 1.97. The lowest BCUT2D eigenvalue weighted by atomic mass is 9.71. The minimum Gasteiger partial charge on any atom is -0.396 e. The van der Waals surface area contributed by atoms with E-state index in [-0.39, 0.29) is 17.9 Å². The van der Waals surface area contributed by atoms with Gasteiger partial charge in [-0.2, -0.15) is 0 Å². The minimum absolute atomic E-state index is 0.00174. The van der Waals surface area contributed by atoms with E-state index < -0.39 is 0 Å². The van der Waals surface area contributed by atoms with Gasteiger partial charge in [-0.3, -0.25) is 0 Å². The van der Waals surface area contributed by atoms with E-state index in [1.54, 1.807) is 0 Å². The van der Waals surface area contributed by atoms with Crippen LogP contribution >= 0.6 is 0 Å². The van der Waals surface area contributed by atoms with E-state index in [0.29, 0.717) is 0 Å². The van der Waals surface area contributed by atoms with Crippen LogP contribution in [0.25, 0.3) is 0 Å². The summed E-state index contributed by atoms with van der Waals surface area (Å²) < 4.78 is 0. The molecule has 1 aliphatic rings. The fourth-order valence-electron chi connectivity index (χ4n) is 1.74. The van der Waals surface area contributed by atoms with E-state index in [0.717, 1.165) is 12.8 Å². The first-order valence-corrected chi connectivity index (χ1v) is 4.44. The molecule has 0 spiro atoms. The van der Waals surface area contributed by atoms with Gasteiger partial charge in [0.15, 0.2) is 0 Å². The van der Waals surface area contributed by atoms with Crippen molar-refractivity contribution in [1.29, 1.82) is 0 Å². The molecule has 1 rings (SSSR count). The van der Waals surface area contributed by atoms with Gasteiger partial charge in [-0.25, -0.2) is 0 Å². The molecule has 0 amide bonds. The summed E-state index contributed by atoms with van der Waals surface area (Å²) in [7, 11) is 0. The maximum Gasteiger partial charge on any atom is 0.0508 e. The molecule has 0 saturated carbocycles. The second-order valence-electron chi connectivity index (χ2n) is 3.55. The van der Waals surface area contributed by atoms with Gasteiger partial charge in [0, 0.05) is 11.3 Å². The topological polar surface area (TPSA) is 20.2 Å².